The van der Waals surface area contributed by atoms with Gasteiger partial charge in [-0.25, -0.2) is 4.79 Å². The van der Waals surface area contributed by atoms with Crippen molar-refractivity contribution in [2.24, 2.45) is 0 Å². The number of hydrogen-bond donors (Lipinski definition) is 2. The van der Waals surface area contributed by atoms with Gasteiger partial charge in [0.25, 0.3) is 0 Å². The largest absolute Gasteiger partial charge is 0.494 e. The molecule has 0 unspecified atom stereocenters. The number of anilines is 2. The van der Waals surface area contributed by atoms with Crippen LogP contribution in [-0.4, -0.2) is 24.8 Å². The lowest BCUT2D eigenvalue weighted by molar-refractivity contribution is 0.0635. The minimum atomic E-state index is -0.533. The van der Waals surface area contributed by atoms with Crippen molar-refractivity contribution < 1.29 is 14.3 Å². The molecule has 0 saturated heterocycles. The summed E-state index contributed by atoms with van der Waals surface area (Å²) in [5.74, 6) is 0.599. The highest BCUT2D eigenvalue weighted by Gasteiger charge is 2.17. The van der Waals surface area contributed by atoms with Gasteiger partial charge in [-0.3, -0.25) is 5.32 Å². The van der Waals surface area contributed by atoms with Crippen LogP contribution in [0.3, 0.4) is 0 Å². The smallest absolute Gasteiger partial charge is 0.412 e. The third-order valence-electron chi connectivity index (χ3n) is 3.19. The number of benzene rings is 1. The maximum Gasteiger partial charge on any atom is 0.412 e. The normalized spacial score (nSPS) is 11.2. The van der Waals surface area contributed by atoms with Crippen molar-refractivity contribution in [3.8, 4) is 5.75 Å². The van der Waals surface area contributed by atoms with E-state index in [2.05, 4.69) is 24.5 Å². The van der Waals surface area contributed by atoms with Crippen LogP contribution in [0.2, 0.25) is 0 Å². The number of nitrogens with one attached hydrogen (secondary N) is 2. The van der Waals surface area contributed by atoms with Crippen molar-refractivity contribution in [3.05, 3.63) is 18.2 Å². The Morgan fingerprint density at radius 2 is 1.86 bits per heavy atom. The summed E-state index contributed by atoms with van der Waals surface area (Å²) in [6, 6.07) is 6.04. The van der Waals surface area contributed by atoms with Crippen LogP contribution < -0.4 is 15.4 Å². The topological polar surface area (TPSA) is 59.6 Å². The minimum absolute atomic E-state index is 0.425. The van der Waals surface area contributed by atoms with Crippen molar-refractivity contribution in [2.45, 2.75) is 59.1 Å². The van der Waals surface area contributed by atoms with E-state index in [9.17, 15) is 4.79 Å². The van der Waals surface area contributed by atoms with Crippen LogP contribution in [0, 0.1) is 0 Å². The SMILES string of the molecule is CCC(CC)Nc1ccc(NC(=O)OC(C)(C)C)c(OC)c1. The zero-order chi connectivity index (χ0) is 16.8. The Bertz CT molecular complexity index is 491. The van der Waals surface area contributed by atoms with E-state index >= 15 is 0 Å². The van der Waals surface area contributed by atoms with Crippen LogP contribution >= 0.6 is 0 Å². The van der Waals surface area contributed by atoms with Crippen LogP contribution in [-0.2, 0) is 4.74 Å². The molecule has 124 valence electrons. The molecule has 0 bridgehead atoms. The van der Waals surface area contributed by atoms with E-state index in [1.807, 2.05) is 39.0 Å². The van der Waals surface area contributed by atoms with Crippen molar-refractivity contribution >= 4 is 17.5 Å². The van der Waals surface area contributed by atoms with Gasteiger partial charge in [-0.1, -0.05) is 13.8 Å². The van der Waals surface area contributed by atoms with E-state index in [4.69, 9.17) is 9.47 Å². The van der Waals surface area contributed by atoms with E-state index in [1.165, 1.54) is 0 Å². The number of carbonyl (C=O) groups excluding carboxylic acids is 1. The number of carbonyl (C=O) groups is 1. The van der Waals surface area contributed by atoms with Gasteiger partial charge in [-0.2, -0.15) is 0 Å². The summed E-state index contributed by atoms with van der Waals surface area (Å²) in [6.45, 7) is 9.78. The van der Waals surface area contributed by atoms with Crippen LogP contribution in [0.15, 0.2) is 18.2 Å². The highest BCUT2D eigenvalue weighted by Crippen LogP contribution is 2.29. The standard InChI is InChI=1S/C17H28N2O3/c1-7-12(8-2)18-13-9-10-14(15(11-13)21-6)19-16(20)22-17(3,4)5/h9-12,18H,7-8H2,1-6H3,(H,19,20). The first-order valence-electron chi connectivity index (χ1n) is 7.73. The predicted molar refractivity (Wildman–Crippen MR) is 90.8 cm³/mol. The maximum absolute atomic E-state index is 11.8. The molecule has 1 rings (SSSR count). The van der Waals surface area contributed by atoms with Crippen LogP contribution in [0.5, 0.6) is 5.75 Å². The molecule has 5 nitrogen and oxygen atoms in total. The van der Waals surface area contributed by atoms with Gasteiger partial charge in [-0.15, -0.1) is 0 Å². The van der Waals surface area contributed by atoms with Crippen molar-refractivity contribution in [3.63, 3.8) is 0 Å². The molecule has 0 spiro atoms. The van der Waals surface area contributed by atoms with E-state index in [0.717, 1.165) is 18.5 Å². The summed E-state index contributed by atoms with van der Waals surface area (Å²) in [6.07, 6.45) is 1.61. The lowest BCUT2D eigenvalue weighted by Crippen LogP contribution is -2.27. The molecule has 1 aromatic carbocycles. The van der Waals surface area contributed by atoms with Gasteiger partial charge in [0.05, 0.1) is 12.8 Å². The minimum Gasteiger partial charge on any atom is -0.494 e. The summed E-state index contributed by atoms with van der Waals surface area (Å²) in [5.41, 5.74) is 1.03. The second kappa shape index (κ2) is 7.92. The fourth-order valence-corrected chi connectivity index (χ4v) is 2.03. The molecule has 0 aromatic heterocycles. The Balaban J connectivity index is 2.83. The lowest BCUT2D eigenvalue weighted by atomic mass is 10.1. The Morgan fingerprint density at radius 3 is 2.36 bits per heavy atom. The molecule has 0 aliphatic heterocycles. The molecular formula is C17H28N2O3. The molecular weight excluding hydrogens is 280 g/mol. The molecule has 0 fully saturated rings. The van der Waals surface area contributed by atoms with E-state index in [0.29, 0.717) is 17.5 Å². The predicted octanol–water partition coefficient (Wildman–Crippen LogP) is 4.64. The van der Waals surface area contributed by atoms with Gasteiger partial charge in [-0.05, 0) is 45.7 Å². The number of ether oxygens (including phenoxy) is 2. The summed E-state index contributed by atoms with van der Waals surface area (Å²) in [7, 11) is 1.58. The van der Waals surface area contributed by atoms with Crippen LogP contribution in [0.4, 0.5) is 16.2 Å². The van der Waals surface area contributed by atoms with Gasteiger partial charge in [0.15, 0.2) is 0 Å². The molecule has 2 N–H and O–H groups in total. The Morgan fingerprint density at radius 1 is 1.23 bits per heavy atom. The second-order valence-corrected chi connectivity index (χ2v) is 6.20. The van der Waals surface area contributed by atoms with E-state index in [1.54, 1.807) is 7.11 Å². The van der Waals surface area contributed by atoms with Crippen LogP contribution in [0.1, 0.15) is 47.5 Å². The molecule has 1 amide bonds. The Labute approximate surface area is 133 Å². The van der Waals surface area contributed by atoms with Crippen LogP contribution in [0.25, 0.3) is 0 Å². The third-order valence-corrected chi connectivity index (χ3v) is 3.19. The molecule has 22 heavy (non-hydrogen) atoms. The number of amides is 1. The van der Waals surface area contributed by atoms with Gasteiger partial charge < -0.3 is 14.8 Å². The number of methoxy groups -OCH3 is 1. The molecule has 0 atom stereocenters. The van der Waals surface area contributed by atoms with Crippen molar-refractivity contribution in [1.82, 2.24) is 0 Å². The van der Waals surface area contributed by atoms with Crippen molar-refractivity contribution in [1.29, 1.82) is 0 Å². The first-order valence-corrected chi connectivity index (χ1v) is 7.73. The Hall–Kier alpha value is -1.91. The van der Waals surface area contributed by atoms with E-state index < -0.39 is 11.7 Å². The average molecular weight is 308 g/mol. The highest BCUT2D eigenvalue weighted by atomic mass is 16.6. The maximum atomic E-state index is 11.8. The monoisotopic (exact) mass is 308 g/mol. The number of hydrogen-bond acceptors (Lipinski definition) is 4. The second-order valence-electron chi connectivity index (χ2n) is 6.20. The number of rotatable bonds is 6. The van der Waals surface area contributed by atoms with E-state index in [-0.39, 0.29) is 0 Å². The summed E-state index contributed by atoms with van der Waals surface area (Å²) < 4.78 is 10.6. The molecule has 0 aliphatic rings. The van der Waals surface area contributed by atoms with Gasteiger partial charge in [0.2, 0.25) is 0 Å². The van der Waals surface area contributed by atoms with Gasteiger partial charge in [0, 0.05) is 17.8 Å². The third kappa shape index (κ3) is 5.84. The highest BCUT2D eigenvalue weighted by molar-refractivity contribution is 5.87. The first kappa shape index (κ1) is 18.1. The fraction of sp³-hybridized carbons (Fsp3) is 0.588. The zero-order valence-corrected chi connectivity index (χ0v) is 14.4. The van der Waals surface area contributed by atoms with Gasteiger partial charge >= 0.3 is 6.09 Å². The average Bonchev–Trinajstić information content (AvgIpc) is 2.43. The van der Waals surface area contributed by atoms with Crippen molar-refractivity contribution in [2.75, 3.05) is 17.7 Å². The summed E-state index contributed by atoms with van der Waals surface area (Å²) in [4.78, 5) is 11.8. The Kier molecular flexibility index (Phi) is 6.53. The zero-order valence-electron chi connectivity index (χ0n) is 14.4. The lowest BCUT2D eigenvalue weighted by Gasteiger charge is -2.21. The molecule has 0 heterocycles. The molecule has 5 heteroatoms. The fourth-order valence-electron chi connectivity index (χ4n) is 2.03. The first-order chi connectivity index (χ1) is 10.3. The summed E-state index contributed by atoms with van der Waals surface area (Å²) in [5, 5.41) is 6.16. The van der Waals surface area contributed by atoms with Gasteiger partial charge in [0.1, 0.15) is 11.4 Å². The molecule has 0 saturated carbocycles. The molecule has 0 aliphatic carbocycles. The molecule has 0 radical (unpaired) electrons. The summed E-state index contributed by atoms with van der Waals surface area (Å²) >= 11 is 0. The quantitative estimate of drug-likeness (QED) is 0.803. The molecule has 1 aromatic rings.